The number of thiazole rings is 1. The smallest absolute Gasteiger partial charge is 0.414 e. The zero-order valence-electron chi connectivity index (χ0n) is 11.1. The summed E-state index contributed by atoms with van der Waals surface area (Å²) in [5, 5.41) is 0.817. The lowest BCUT2D eigenvalue weighted by atomic mass is 10.1. The Labute approximate surface area is 121 Å². The monoisotopic (exact) mass is 286 g/mol. The van der Waals surface area contributed by atoms with Crippen LogP contribution in [0, 0.1) is 6.92 Å². The standard InChI is InChI=1S/C15H14N2O2S/c1-11-8-16-14(20-11)10-19-15(18)17-7-6-12-4-2-3-5-13(12)9-17/h2-8H,9-10H2,1H3. The van der Waals surface area contributed by atoms with E-state index in [1.165, 1.54) is 0 Å². The molecule has 0 N–H and O–H groups in total. The Bertz CT molecular complexity index is 663. The molecule has 2 heterocycles. The Morgan fingerprint density at radius 1 is 1.45 bits per heavy atom. The lowest BCUT2D eigenvalue weighted by Gasteiger charge is -2.22. The molecule has 4 nitrogen and oxygen atoms in total. The molecule has 0 saturated carbocycles. The first-order chi connectivity index (χ1) is 9.72. The molecule has 0 fully saturated rings. The normalized spacial score (nSPS) is 13.2. The van der Waals surface area contributed by atoms with Gasteiger partial charge in [0.2, 0.25) is 0 Å². The fourth-order valence-electron chi connectivity index (χ4n) is 2.05. The number of aryl methyl sites for hydroxylation is 1. The lowest BCUT2D eigenvalue weighted by Crippen LogP contribution is -2.27. The van der Waals surface area contributed by atoms with Crippen molar-refractivity contribution in [2.75, 3.05) is 0 Å². The summed E-state index contributed by atoms with van der Waals surface area (Å²) in [4.78, 5) is 18.9. The van der Waals surface area contributed by atoms with Crippen LogP contribution in [-0.2, 0) is 17.9 Å². The third kappa shape index (κ3) is 2.72. The van der Waals surface area contributed by atoms with Gasteiger partial charge in [-0.2, -0.15) is 0 Å². The lowest BCUT2D eigenvalue weighted by molar-refractivity contribution is 0.108. The van der Waals surface area contributed by atoms with Gasteiger partial charge in [0.25, 0.3) is 0 Å². The van der Waals surface area contributed by atoms with E-state index in [1.807, 2.05) is 37.3 Å². The predicted octanol–water partition coefficient (Wildman–Crippen LogP) is 3.57. The number of amides is 1. The van der Waals surface area contributed by atoms with Crippen molar-refractivity contribution in [2.24, 2.45) is 0 Å². The van der Waals surface area contributed by atoms with Gasteiger partial charge in [-0.3, -0.25) is 4.90 Å². The maximum absolute atomic E-state index is 12.0. The summed E-state index contributed by atoms with van der Waals surface area (Å²) in [5.74, 6) is 0. The van der Waals surface area contributed by atoms with E-state index in [9.17, 15) is 4.79 Å². The van der Waals surface area contributed by atoms with Crippen LogP contribution in [-0.4, -0.2) is 16.0 Å². The van der Waals surface area contributed by atoms with Gasteiger partial charge in [0.15, 0.2) is 0 Å². The first kappa shape index (κ1) is 12.9. The number of benzene rings is 1. The first-order valence-corrected chi connectivity index (χ1v) is 7.15. The summed E-state index contributed by atoms with van der Waals surface area (Å²) in [6, 6.07) is 8.01. The second-order valence-electron chi connectivity index (χ2n) is 4.56. The Balaban J connectivity index is 1.62. The Hall–Kier alpha value is -2.14. The molecular weight excluding hydrogens is 272 g/mol. The first-order valence-electron chi connectivity index (χ1n) is 6.33. The van der Waals surface area contributed by atoms with Gasteiger partial charge in [-0.05, 0) is 24.1 Å². The van der Waals surface area contributed by atoms with Crippen LogP contribution >= 0.6 is 11.3 Å². The van der Waals surface area contributed by atoms with Crippen molar-refractivity contribution in [1.29, 1.82) is 0 Å². The number of carbonyl (C=O) groups is 1. The fraction of sp³-hybridized carbons (Fsp3) is 0.200. The van der Waals surface area contributed by atoms with Gasteiger partial charge >= 0.3 is 6.09 Å². The van der Waals surface area contributed by atoms with Crippen LogP contribution < -0.4 is 0 Å². The summed E-state index contributed by atoms with van der Waals surface area (Å²) in [6.07, 6.45) is 5.12. The molecule has 0 saturated heterocycles. The van der Waals surface area contributed by atoms with Gasteiger partial charge in [0, 0.05) is 17.3 Å². The van der Waals surface area contributed by atoms with E-state index >= 15 is 0 Å². The second-order valence-corrected chi connectivity index (χ2v) is 5.88. The highest BCUT2D eigenvalue weighted by Gasteiger charge is 2.18. The molecule has 0 atom stereocenters. The van der Waals surface area contributed by atoms with Crippen LogP contribution in [0.4, 0.5) is 4.79 Å². The minimum Gasteiger partial charge on any atom is -0.442 e. The topological polar surface area (TPSA) is 42.4 Å². The number of fused-ring (bicyclic) bond motifs is 1. The Kier molecular flexibility index (Phi) is 3.52. The summed E-state index contributed by atoms with van der Waals surface area (Å²) < 4.78 is 5.28. The summed E-state index contributed by atoms with van der Waals surface area (Å²) in [5.41, 5.74) is 2.27. The van der Waals surface area contributed by atoms with Crippen LogP contribution in [0.1, 0.15) is 21.0 Å². The van der Waals surface area contributed by atoms with Crippen LogP contribution in [0.5, 0.6) is 0 Å². The van der Waals surface area contributed by atoms with Gasteiger partial charge in [0.1, 0.15) is 11.6 Å². The fourth-order valence-corrected chi connectivity index (χ4v) is 2.75. The molecule has 0 radical (unpaired) electrons. The number of ether oxygens (including phenoxy) is 1. The second kappa shape index (κ2) is 5.46. The van der Waals surface area contributed by atoms with E-state index in [2.05, 4.69) is 4.98 Å². The van der Waals surface area contributed by atoms with E-state index in [0.717, 1.165) is 21.0 Å². The van der Waals surface area contributed by atoms with E-state index in [1.54, 1.807) is 28.6 Å². The highest BCUT2D eigenvalue weighted by molar-refractivity contribution is 7.11. The van der Waals surface area contributed by atoms with E-state index in [4.69, 9.17) is 4.74 Å². The molecule has 3 rings (SSSR count). The summed E-state index contributed by atoms with van der Waals surface area (Å²) in [6.45, 7) is 2.75. The average molecular weight is 286 g/mol. The van der Waals surface area contributed by atoms with Crippen molar-refractivity contribution >= 4 is 23.5 Å². The predicted molar refractivity (Wildman–Crippen MR) is 78.1 cm³/mol. The van der Waals surface area contributed by atoms with Crippen LogP contribution in [0.25, 0.3) is 6.08 Å². The zero-order valence-corrected chi connectivity index (χ0v) is 11.9. The van der Waals surface area contributed by atoms with Gasteiger partial charge in [0.05, 0.1) is 6.54 Å². The number of aromatic nitrogens is 1. The van der Waals surface area contributed by atoms with Gasteiger partial charge in [-0.25, -0.2) is 9.78 Å². The molecule has 0 bridgehead atoms. The molecule has 2 aromatic rings. The van der Waals surface area contributed by atoms with Gasteiger partial charge in [-0.1, -0.05) is 24.3 Å². The van der Waals surface area contributed by atoms with E-state index in [0.29, 0.717) is 6.54 Å². The average Bonchev–Trinajstić information content (AvgIpc) is 2.90. The number of rotatable bonds is 2. The maximum Gasteiger partial charge on any atom is 0.414 e. The van der Waals surface area contributed by atoms with Crippen molar-refractivity contribution in [1.82, 2.24) is 9.88 Å². The molecule has 1 aliphatic heterocycles. The third-order valence-corrected chi connectivity index (χ3v) is 3.94. The molecule has 0 spiro atoms. The van der Waals surface area contributed by atoms with Crippen molar-refractivity contribution in [3.63, 3.8) is 0 Å². The number of carbonyl (C=O) groups excluding carboxylic acids is 1. The molecule has 20 heavy (non-hydrogen) atoms. The Morgan fingerprint density at radius 3 is 3.10 bits per heavy atom. The molecule has 1 amide bonds. The van der Waals surface area contributed by atoms with Gasteiger partial charge < -0.3 is 4.74 Å². The maximum atomic E-state index is 12.0. The molecule has 1 aromatic carbocycles. The summed E-state index contributed by atoms with van der Waals surface area (Å²) >= 11 is 1.54. The summed E-state index contributed by atoms with van der Waals surface area (Å²) in [7, 11) is 0. The highest BCUT2D eigenvalue weighted by Crippen LogP contribution is 2.20. The van der Waals surface area contributed by atoms with E-state index < -0.39 is 0 Å². The van der Waals surface area contributed by atoms with Gasteiger partial charge in [-0.15, -0.1) is 11.3 Å². The Morgan fingerprint density at radius 2 is 2.30 bits per heavy atom. The highest BCUT2D eigenvalue weighted by atomic mass is 32.1. The quantitative estimate of drug-likeness (QED) is 0.847. The molecule has 0 aliphatic carbocycles. The van der Waals surface area contributed by atoms with E-state index in [-0.39, 0.29) is 12.7 Å². The number of hydrogen-bond acceptors (Lipinski definition) is 4. The largest absolute Gasteiger partial charge is 0.442 e. The van der Waals surface area contributed by atoms with Crippen molar-refractivity contribution in [3.8, 4) is 0 Å². The molecule has 1 aromatic heterocycles. The third-order valence-electron chi connectivity index (χ3n) is 3.05. The number of nitrogens with zero attached hydrogens (tertiary/aromatic N) is 2. The molecule has 102 valence electrons. The molecular formula is C15H14N2O2S. The SMILES string of the molecule is Cc1cnc(COC(=O)N2C=Cc3ccccc3C2)s1. The van der Waals surface area contributed by atoms with Crippen molar-refractivity contribution < 1.29 is 9.53 Å². The van der Waals surface area contributed by atoms with Crippen LogP contribution in [0.15, 0.2) is 36.7 Å². The minimum atomic E-state index is -0.344. The number of hydrogen-bond donors (Lipinski definition) is 0. The van der Waals surface area contributed by atoms with Crippen LogP contribution in [0.3, 0.4) is 0 Å². The van der Waals surface area contributed by atoms with Crippen LogP contribution in [0.2, 0.25) is 0 Å². The van der Waals surface area contributed by atoms with Crippen molar-refractivity contribution in [3.05, 3.63) is 57.7 Å². The van der Waals surface area contributed by atoms with Crippen molar-refractivity contribution in [2.45, 2.75) is 20.1 Å². The zero-order chi connectivity index (χ0) is 13.9. The molecule has 1 aliphatic rings. The minimum absolute atomic E-state index is 0.226. The molecule has 5 heteroatoms. The molecule has 0 unspecified atom stereocenters.